The summed E-state index contributed by atoms with van der Waals surface area (Å²) in [5, 5.41) is 11.5. The number of methoxy groups -OCH3 is 1. The molecule has 114 valence electrons. The second-order valence-electron chi connectivity index (χ2n) is 4.86. The minimum absolute atomic E-state index is 0.359. The summed E-state index contributed by atoms with van der Waals surface area (Å²) < 4.78 is 4.69. The number of carboxylic acid groups (broad SMARTS) is 1. The van der Waals surface area contributed by atoms with Crippen molar-refractivity contribution in [1.29, 1.82) is 0 Å². The van der Waals surface area contributed by atoms with Crippen molar-refractivity contribution in [3.8, 4) is 0 Å². The Morgan fingerprint density at radius 3 is 2.65 bits per heavy atom. The third-order valence-electron chi connectivity index (χ3n) is 3.41. The van der Waals surface area contributed by atoms with Crippen molar-refractivity contribution in [1.82, 2.24) is 10.2 Å². The molecule has 0 spiro atoms. The quantitative estimate of drug-likeness (QED) is 0.734. The summed E-state index contributed by atoms with van der Waals surface area (Å²) in [6.07, 6.45) is 3.20. The maximum Gasteiger partial charge on any atom is 0.328 e. The number of hydrogen-bond donors (Lipinski definition) is 2. The van der Waals surface area contributed by atoms with Gasteiger partial charge in [0, 0.05) is 6.54 Å². The normalized spacial score (nSPS) is 20.1. The van der Waals surface area contributed by atoms with Crippen LogP contribution in [0.5, 0.6) is 0 Å². The number of likely N-dealkylation sites (tertiary alicyclic amines) is 1. The summed E-state index contributed by atoms with van der Waals surface area (Å²) in [6, 6.07) is -2.06. The molecule has 0 radical (unpaired) electrons. The van der Waals surface area contributed by atoms with E-state index >= 15 is 0 Å². The molecule has 7 heteroatoms. The molecular formula is C13H22N2O5. The lowest BCUT2D eigenvalue weighted by molar-refractivity contribution is -0.146. The van der Waals surface area contributed by atoms with Crippen LogP contribution in [0.2, 0.25) is 0 Å². The number of esters is 1. The molecule has 0 aromatic heterocycles. The molecule has 2 amide bonds. The molecule has 1 saturated heterocycles. The zero-order valence-electron chi connectivity index (χ0n) is 11.9. The number of carboxylic acids is 1. The van der Waals surface area contributed by atoms with Gasteiger partial charge in [-0.25, -0.2) is 14.4 Å². The molecule has 0 saturated carbocycles. The Kier molecular flexibility index (Phi) is 6.27. The van der Waals surface area contributed by atoms with Crippen LogP contribution in [0.3, 0.4) is 0 Å². The number of rotatable bonds is 5. The topological polar surface area (TPSA) is 95.9 Å². The number of carbonyl (C=O) groups is 3. The molecule has 1 aliphatic rings. The van der Waals surface area contributed by atoms with Crippen molar-refractivity contribution in [2.75, 3.05) is 13.7 Å². The number of amides is 2. The van der Waals surface area contributed by atoms with Gasteiger partial charge in [0.1, 0.15) is 12.1 Å². The fourth-order valence-corrected chi connectivity index (χ4v) is 2.33. The van der Waals surface area contributed by atoms with Gasteiger partial charge in [-0.15, -0.1) is 0 Å². The van der Waals surface area contributed by atoms with Gasteiger partial charge in [-0.3, -0.25) is 0 Å². The van der Waals surface area contributed by atoms with E-state index in [-0.39, 0.29) is 0 Å². The van der Waals surface area contributed by atoms with Crippen LogP contribution >= 0.6 is 0 Å². The van der Waals surface area contributed by atoms with Gasteiger partial charge in [0.25, 0.3) is 0 Å². The number of nitrogens with zero attached hydrogens (tertiary/aromatic N) is 1. The molecule has 1 fully saturated rings. The Labute approximate surface area is 118 Å². The van der Waals surface area contributed by atoms with Crippen molar-refractivity contribution in [3.05, 3.63) is 0 Å². The highest BCUT2D eigenvalue weighted by molar-refractivity contribution is 5.86. The smallest absolute Gasteiger partial charge is 0.328 e. The summed E-state index contributed by atoms with van der Waals surface area (Å²) in [5.74, 6) is -1.52. The van der Waals surface area contributed by atoms with Crippen LogP contribution in [0.1, 0.15) is 39.0 Å². The van der Waals surface area contributed by atoms with Gasteiger partial charge in [0.15, 0.2) is 0 Å². The molecular weight excluding hydrogens is 264 g/mol. The predicted molar refractivity (Wildman–Crippen MR) is 71.2 cm³/mol. The van der Waals surface area contributed by atoms with Crippen molar-refractivity contribution < 1.29 is 24.2 Å². The lowest BCUT2D eigenvalue weighted by Gasteiger charge is -2.34. The molecule has 2 atom stereocenters. The average molecular weight is 286 g/mol. The maximum atomic E-state index is 12.2. The first-order chi connectivity index (χ1) is 9.51. The van der Waals surface area contributed by atoms with Gasteiger partial charge in [-0.05, 0) is 25.7 Å². The van der Waals surface area contributed by atoms with E-state index in [1.807, 2.05) is 6.92 Å². The van der Waals surface area contributed by atoms with Crippen LogP contribution in [0.15, 0.2) is 0 Å². The van der Waals surface area contributed by atoms with Crippen LogP contribution in [0, 0.1) is 0 Å². The van der Waals surface area contributed by atoms with E-state index < -0.39 is 30.1 Å². The number of ether oxygens (including phenoxy) is 1. The largest absolute Gasteiger partial charge is 0.480 e. The highest BCUT2D eigenvalue weighted by Crippen LogP contribution is 2.18. The van der Waals surface area contributed by atoms with Crippen LogP contribution in [0.25, 0.3) is 0 Å². The fraction of sp³-hybridized carbons (Fsp3) is 0.769. The molecule has 0 aromatic carbocycles. The number of hydrogen-bond acceptors (Lipinski definition) is 4. The molecule has 0 aromatic rings. The van der Waals surface area contributed by atoms with Crippen molar-refractivity contribution in [2.24, 2.45) is 0 Å². The van der Waals surface area contributed by atoms with Crippen LogP contribution in [0.4, 0.5) is 4.79 Å². The van der Waals surface area contributed by atoms with Gasteiger partial charge >= 0.3 is 18.0 Å². The first-order valence-corrected chi connectivity index (χ1v) is 6.89. The third-order valence-corrected chi connectivity index (χ3v) is 3.41. The fourth-order valence-electron chi connectivity index (χ4n) is 2.33. The van der Waals surface area contributed by atoms with Gasteiger partial charge < -0.3 is 20.1 Å². The Morgan fingerprint density at radius 1 is 1.40 bits per heavy atom. The monoisotopic (exact) mass is 286 g/mol. The van der Waals surface area contributed by atoms with E-state index in [0.29, 0.717) is 25.8 Å². The highest BCUT2D eigenvalue weighted by atomic mass is 16.5. The Bertz CT molecular complexity index is 372. The molecule has 2 unspecified atom stereocenters. The standard InChI is InChI=1S/C13H22N2O5/c1-3-6-9(11(16)17)14-13(19)15-8-5-4-7-10(15)12(18)20-2/h9-10H,3-8H2,1-2H3,(H,14,19)(H,16,17). The van der Waals surface area contributed by atoms with Gasteiger partial charge in [-0.2, -0.15) is 0 Å². The third kappa shape index (κ3) is 4.11. The summed E-state index contributed by atoms with van der Waals surface area (Å²) >= 11 is 0. The first kappa shape index (κ1) is 16.3. The molecule has 20 heavy (non-hydrogen) atoms. The second kappa shape index (κ2) is 7.72. The maximum absolute atomic E-state index is 12.2. The minimum Gasteiger partial charge on any atom is -0.480 e. The second-order valence-corrected chi connectivity index (χ2v) is 4.86. The zero-order chi connectivity index (χ0) is 15.1. The number of nitrogens with one attached hydrogen (secondary N) is 1. The van der Waals surface area contributed by atoms with Gasteiger partial charge in [0.05, 0.1) is 7.11 Å². The van der Waals surface area contributed by atoms with Crippen LogP contribution in [-0.2, 0) is 14.3 Å². The van der Waals surface area contributed by atoms with E-state index in [4.69, 9.17) is 9.84 Å². The number of piperidine rings is 1. The van der Waals surface area contributed by atoms with E-state index in [9.17, 15) is 14.4 Å². The Hall–Kier alpha value is -1.79. The summed E-state index contributed by atoms with van der Waals surface area (Å²) in [4.78, 5) is 36.3. The van der Waals surface area contributed by atoms with Crippen molar-refractivity contribution >= 4 is 18.0 Å². The molecule has 0 bridgehead atoms. The number of aliphatic carboxylic acids is 1. The van der Waals surface area contributed by atoms with Crippen molar-refractivity contribution in [2.45, 2.75) is 51.1 Å². The zero-order valence-corrected chi connectivity index (χ0v) is 11.9. The summed E-state index contributed by atoms with van der Waals surface area (Å²) in [5.41, 5.74) is 0. The lowest BCUT2D eigenvalue weighted by Crippen LogP contribution is -2.55. The SMILES string of the molecule is CCCC(NC(=O)N1CCCCC1C(=O)OC)C(=O)O. The molecule has 0 aliphatic carbocycles. The molecule has 2 N–H and O–H groups in total. The molecule has 7 nitrogen and oxygen atoms in total. The molecule has 1 heterocycles. The van der Waals surface area contributed by atoms with Crippen LogP contribution < -0.4 is 5.32 Å². The van der Waals surface area contributed by atoms with Gasteiger partial charge in [-0.1, -0.05) is 13.3 Å². The number of urea groups is 1. The summed E-state index contributed by atoms with van der Waals surface area (Å²) in [7, 11) is 1.28. The highest BCUT2D eigenvalue weighted by Gasteiger charge is 2.34. The Morgan fingerprint density at radius 2 is 2.10 bits per heavy atom. The lowest BCUT2D eigenvalue weighted by atomic mass is 10.0. The van der Waals surface area contributed by atoms with Gasteiger partial charge in [0.2, 0.25) is 0 Å². The minimum atomic E-state index is -1.06. The Balaban J connectivity index is 2.71. The predicted octanol–water partition coefficient (Wildman–Crippen LogP) is 0.977. The van der Waals surface area contributed by atoms with E-state index in [2.05, 4.69) is 5.32 Å². The van der Waals surface area contributed by atoms with Crippen LogP contribution in [-0.4, -0.2) is 53.7 Å². The average Bonchev–Trinajstić information content (AvgIpc) is 2.45. The number of carbonyl (C=O) groups excluding carboxylic acids is 2. The van der Waals surface area contributed by atoms with E-state index in [0.717, 1.165) is 12.8 Å². The van der Waals surface area contributed by atoms with E-state index in [1.165, 1.54) is 12.0 Å². The summed E-state index contributed by atoms with van der Waals surface area (Å²) in [6.45, 7) is 2.28. The molecule has 1 aliphatic heterocycles. The van der Waals surface area contributed by atoms with E-state index in [1.54, 1.807) is 0 Å². The first-order valence-electron chi connectivity index (χ1n) is 6.89. The van der Waals surface area contributed by atoms with Crippen molar-refractivity contribution in [3.63, 3.8) is 0 Å². The molecule has 1 rings (SSSR count).